The molecule has 0 saturated carbocycles. The minimum Gasteiger partial charge on any atom is -0.329 e. The summed E-state index contributed by atoms with van der Waals surface area (Å²) < 4.78 is 0.746. The summed E-state index contributed by atoms with van der Waals surface area (Å²) in [5.41, 5.74) is 5.35. The van der Waals surface area contributed by atoms with E-state index in [1.54, 1.807) is 0 Å². The summed E-state index contributed by atoms with van der Waals surface area (Å²) in [4.78, 5) is 20.2. The molecule has 0 aliphatic heterocycles. The predicted molar refractivity (Wildman–Crippen MR) is 56.8 cm³/mol. The zero-order chi connectivity index (χ0) is 11.2. The maximum atomic E-state index is 11.0. The minimum absolute atomic E-state index is 0.248. The van der Waals surface area contributed by atoms with E-state index in [0.29, 0.717) is 6.61 Å². The third kappa shape index (κ3) is 7.14. The molecule has 0 radical (unpaired) electrons. The second kappa shape index (κ2) is 6.23. The van der Waals surface area contributed by atoms with Crippen molar-refractivity contribution in [1.29, 1.82) is 0 Å². The molecule has 14 heavy (non-hydrogen) atoms. The van der Waals surface area contributed by atoms with Crippen molar-refractivity contribution in [1.82, 2.24) is 0 Å². The lowest BCUT2D eigenvalue weighted by Crippen LogP contribution is -2.38. The maximum Gasteiger partial charge on any atom is 0.359 e. The van der Waals surface area contributed by atoms with Gasteiger partial charge in [-0.25, -0.2) is 4.79 Å². The van der Waals surface area contributed by atoms with Crippen molar-refractivity contribution in [2.75, 3.05) is 40.0 Å². The number of nitrogens with zero attached hydrogens (tertiary/aromatic N) is 1. The lowest BCUT2D eigenvalue weighted by molar-refractivity contribution is -0.871. The molecule has 0 aromatic carbocycles. The van der Waals surface area contributed by atoms with Gasteiger partial charge in [-0.2, -0.15) is 17.5 Å². The van der Waals surface area contributed by atoms with E-state index < -0.39 is 12.0 Å². The summed E-state index contributed by atoms with van der Waals surface area (Å²) in [6.45, 7) is 1.11. The van der Waals surface area contributed by atoms with Gasteiger partial charge in [0, 0.05) is 5.75 Å². The molecule has 0 bridgehead atoms. The number of carbonyl (C=O) groups excluding carboxylic acids is 1. The summed E-state index contributed by atoms with van der Waals surface area (Å²) in [5.74, 6) is -0.334. The fraction of sp³-hybridized carbons (Fsp3) is 0.875. The molecule has 0 aliphatic carbocycles. The first-order valence-electron chi connectivity index (χ1n) is 4.37. The Morgan fingerprint density at radius 3 is 2.50 bits per heavy atom. The van der Waals surface area contributed by atoms with Gasteiger partial charge in [-0.05, 0) is 0 Å². The van der Waals surface area contributed by atoms with Crippen molar-refractivity contribution >= 4 is 18.6 Å². The van der Waals surface area contributed by atoms with Gasteiger partial charge >= 0.3 is 5.97 Å². The zero-order valence-corrected chi connectivity index (χ0v) is 9.79. The van der Waals surface area contributed by atoms with Crippen LogP contribution in [0.4, 0.5) is 0 Å². The second-order valence-corrected chi connectivity index (χ2v) is 4.39. The highest BCUT2D eigenvalue weighted by atomic mass is 32.1. The van der Waals surface area contributed by atoms with Crippen LogP contribution in [0.3, 0.4) is 0 Å². The molecule has 0 saturated heterocycles. The summed E-state index contributed by atoms with van der Waals surface area (Å²) in [5, 5.41) is 0. The summed E-state index contributed by atoms with van der Waals surface area (Å²) >= 11 is 3.86. The zero-order valence-electron chi connectivity index (χ0n) is 8.90. The van der Waals surface area contributed by atoms with Gasteiger partial charge in [-0.15, -0.1) is 0 Å². The van der Waals surface area contributed by atoms with Gasteiger partial charge in [0.25, 0.3) is 0 Å². The Labute approximate surface area is 90.1 Å². The molecule has 0 aromatic rings. The number of rotatable bonds is 6. The summed E-state index contributed by atoms with van der Waals surface area (Å²) in [6.07, 6.45) is 0. The molecule has 84 valence electrons. The maximum absolute atomic E-state index is 11.0. The smallest absolute Gasteiger partial charge is 0.329 e. The molecule has 0 unspecified atom stereocenters. The molecule has 0 spiro atoms. The SMILES string of the molecule is C[N+](C)(C)CCOOC(=O)[C@@H](N)CS. The molecular weight excluding hydrogens is 204 g/mol. The summed E-state index contributed by atoms with van der Waals surface area (Å²) in [7, 11) is 6.06. The van der Waals surface area contributed by atoms with Gasteiger partial charge in [-0.1, -0.05) is 0 Å². The van der Waals surface area contributed by atoms with E-state index in [1.807, 2.05) is 21.1 Å². The van der Waals surface area contributed by atoms with Crippen LogP contribution in [0.1, 0.15) is 0 Å². The normalized spacial score (nSPS) is 13.8. The molecule has 6 heteroatoms. The average molecular weight is 223 g/mol. The van der Waals surface area contributed by atoms with E-state index >= 15 is 0 Å². The first-order chi connectivity index (χ1) is 6.37. The number of likely N-dealkylation sites (N-methyl/N-ethyl adjacent to an activating group) is 1. The lowest BCUT2D eigenvalue weighted by Gasteiger charge is -2.22. The Kier molecular flexibility index (Phi) is 6.10. The van der Waals surface area contributed by atoms with Crippen molar-refractivity contribution in [2.45, 2.75) is 6.04 Å². The van der Waals surface area contributed by atoms with Crippen LogP contribution < -0.4 is 5.73 Å². The van der Waals surface area contributed by atoms with Crippen LogP contribution in [0.5, 0.6) is 0 Å². The molecular formula is C8H19N2O3S+. The van der Waals surface area contributed by atoms with E-state index in [2.05, 4.69) is 17.5 Å². The lowest BCUT2D eigenvalue weighted by atomic mass is 10.4. The number of carbonyl (C=O) groups is 1. The van der Waals surface area contributed by atoms with Gasteiger partial charge in [0.1, 0.15) is 19.2 Å². The van der Waals surface area contributed by atoms with Gasteiger partial charge in [-0.3, -0.25) is 4.89 Å². The monoisotopic (exact) mass is 223 g/mol. The van der Waals surface area contributed by atoms with Gasteiger partial charge in [0.2, 0.25) is 0 Å². The predicted octanol–water partition coefficient (Wildman–Crippen LogP) is -0.575. The summed E-state index contributed by atoms with van der Waals surface area (Å²) in [6, 6.07) is -0.720. The molecule has 0 rings (SSSR count). The molecule has 1 atom stereocenters. The number of quaternary nitrogens is 1. The average Bonchev–Trinajstić information content (AvgIpc) is 2.09. The molecule has 0 aromatic heterocycles. The third-order valence-electron chi connectivity index (χ3n) is 1.49. The van der Waals surface area contributed by atoms with Crippen LogP contribution >= 0.6 is 12.6 Å². The Hall–Kier alpha value is -0.300. The molecule has 2 N–H and O–H groups in total. The van der Waals surface area contributed by atoms with Crippen LogP contribution in [0.25, 0.3) is 0 Å². The molecule has 0 fully saturated rings. The van der Waals surface area contributed by atoms with Gasteiger partial charge in [0.05, 0.1) is 21.1 Å². The fourth-order valence-electron chi connectivity index (χ4n) is 0.547. The highest BCUT2D eigenvalue weighted by molar-refractivity contribution is 7.80. The van der Waals surface area contributed by atoms with Crippen molar-refractivity contribution in [3.8, 4) is 0 Å². The molecule has 0 aliphatic rings. The van der Waals surface area contributed by atoms with Crippen LogP contribution in [0, 0.1) is 0 Å². The highest BCUT2D eigenvalue weighted by Crippen LogP contribution is 1.93. The highest BCUT2D eigenvalue weighted by Gasteiger charge is 2.14. The van der Waals surface area contributed by atoms with Crippen molar-refractivity contribution < 1.29 is 19.1 Å². The van der Waals surface area contributed by atoms with E-state index in [1.165, 1.54) is 0 Å². The number of thiol groups is 1. The van der Waals surface area contributed by atoms with E-state index in [9.17, 15) is 4.79 Å². The van der Waals surface area contributed by atoms with Crippen molar-refractivity contribution in [3.63, 3.8) is 0 Å². The van der Waals surface area contributed by atoms with Crippen molar-refractivity contribution in [3.05, 3.63) is 0 Å². The molecule has 5 nitrogen and oxygen atoms in total. The van der Waals surface area contributed by atoms with Crippen LogP contribution in [-0.4, -0.2) is 56.5 Å². The first-order valence-corrected chi connectivity index (χ1v) is 5.00. The van der Waals surface area contributed by atoms with E-state index in [4.69, 9.17) is 10.6 Å². The fourth-order valence-corrected chi connectivity index (χ4v) is 0.696. The second-order valence-electron chi connectivity index (χ2n) is 4.03. The van der Waals surface area contributed by atoms with Crippen molar-refractivity contribution in [2.24, 2.45) is 5.73 Å². The Bertz CT molecular complexity index is 182. The Morgan fingerprint density at radius 1 is 1.50 bits per heavy atom. The first kappa shape index (κ1) is 13.7. The number of hydrogen-bond donors (Lipinski definition) is 2. The Morgan fingerprint density at radius 2 is 2.07 bits per heavy atom. The topological polar surface area (TPSA) is 61.5 Å². The number of hydrogen-bond acceptors (Lipinski definition) is 5. The molecule has 0 heterocycles. The van der Waals surface area contributed by atoms with Crippen LogP contribution in [0.15, 0.2) is 0 Å². The Balaban J connectivity index is 3.51. The molecule has 0 amide bonds. The van der Waals surface area contributed by atoms with Gasteiger partial charge < -0.3 is 10.2 Å². The quantitative estimate of drug-likeness (QED) is 0.208. The van der Waals surface area contributed by atoms with Crippen LogP contribution in [-0.2, 0) is 14.6 Å². The largest absolute Gasteiger partial charge is 0.359 e. The standard InChI is InChI=1S/C8H18N2O3S/c1-10(2,3)4-5-12-13-8(11)7(9)6-14/h7H,4-6,9H2,1-3H3/p+1/t7-/m0/s1. The van der Waals surface area contributed by atoms with E-state index in [0.717, 1.165) is 11.0 Å². The minimum atomic E-state index is -0.720. The van der Waals surface area contributed by atoms with Crippen LogP contribution in [0.2, 0.25) is 0 Å². The third-order valence-corrected chi connectivity index (χ3v) is 1.88. The van der Waals surface area contributed by atoms with Gasteiger partial charge in [0.15, 0.2) is 0 Å². The number of nitrogens with two attached hydrogens (primary N) is 1. The van der Waals surface area contributed by atoms with E-state index in [-0.39, 0.29) is 5.75 Å².